The Kier molecular flexibility index (Phi) is 5.70. The van der Waals surface area contributed by atoms with Gasteiger partial charge in [0.1, 0.15) is 0 Å². The summed E-state index contributed by atoms with van der Waals surface area (Å²) in [5.41, 5.74) is 0.492. The highest BCUT2D eigenvalue weighted by molar-refractivity contribution is 5.08. The predicted molar refractivity (Wildman–Crippen MR) is 81.4 cm³/mol. The largest absolute Gasteiger partial charge is 0.378 e. The zero-order valence-corrected chi connectivity index (χ0v) is 13.2. The van der Waals surface area contributed by atoms with Gasteiger partial charge in [-0.3, -0.25) is 0 Å². The molecule has 0 aromatic heterocycles. The van der Waals surface area contributed by atoms with E-state index in [-0.39, 0.29) is 0 Å². The van der Waals surface area contributed by atoms with Gasteiger partial charge in [-0.05, 0) is 44.6 Å². The van der Waals surface area contributed by atoms with Gasteiger partial charge < -0.3 is 10.1 Å². The molecule has 1 spiro atoms. The molecule has 2 saturated carbocycles. The van der Waals surface area contributed by atoms with Crippen LogP contribution in [0.4, 0.5) is 0 Å². The van der Waals surface area contributed by atoms with Crippen molar-refractivity contribution in [1.29, 1.82) is 0 Å². The van der Waals surface area contributed by atoms with Gasteiger partial charge in [-0.2, -0.15) is 0 Å². The average molecular weight is 267 g/mol. The number of hydrogen-bond donors (Lipinski definition) is 1. The molecule has 0 heterocycles. The smallest absolute Gasteiger partial charge is 0.0661 e. The van der Waals surface area contributed by atoms with E-state index in [4.69, 9.17) is 4.74 Å². The quantitative estimate of drug-likeness (QED) is 0.700. The van der Waals surface area contributed by atoms with Gasteiger partial charge in [0, 0.05) is 18.1 Å². The lowest BCUT2D eigenvalue weighted by atomic mass is 9.55. The van der Waals surface area contributed by atoms with Crippen molar-refractivity contribution >= 4 is 0 Å². The van der Waals surface area contributed by atoms with Crippen LogP contribution in [0.5, 0.6) is 0 Å². The molecule has 0 aromatic rings. The second kappa shape index (κ2) is 7.08. The average Bonchev–Trinajstić information content (AvgIpc) is 2.41. The topological polar surface area (TPSA) is 21.3 Å². The minimum absolute atomic E-state index is 0.492. The first-order valence-electron chi connectivity index (χ1n) is 8.54. The van der Waals surface area contributed by atoms with Crippen molar-refractivity contribution in [3.8, 4) is 0 Å². The molecule has 0 aliphatic heterocycles. The van der Waals surface area contributed by atoms with Crippen molar-refractivity contribution in [3.05, 3.63) is 0 Å². The fourth-order valence-corrected chi connectivity index (χ4v) is 4.11. The summed E-state index contributed by atoms with van der Waals surface area (Å²) in [6.45, 7) is 8.91. The summed E-state index contributed by atoms with van der Waals surface area (Å²) in [5, 5.41) is 3.70. The third kappa shape index (κ3) is 3.52. The molecule has 0 aromatic carbocycles. The van der Waals surface area contributed by atoms with Crippen LogP contribution in [0, 0.1) is 11.3 Å². The first-order chi connectivity index (χ1) is 9.19. The van der Waals surface area contributed by atoms with E-state index in [2.05, 4.69) is 26.1 Å². The number of rotatable bonds is 7. The van der Waals surface area contributed by atoms with Gasteiger partial charge in [0.2, 0.25) is 0 Å². The van der Waals surface area contributed by atoms with Crippen LogP contribution >= 0.6 is 0 Å². The van der Waals surface area contributed by atoms with Crippen molar-refractivity contribution in [2.45, 2.75) is 84.3 Å². The molecule has 2 fully saturated rings. The maximum Gasteiger partial charge on any atom is 0.0661 e. The fraction of sp³-hybridized carbons (Fsp3) is 1.00. The lowest BCUT2D eigenvalue weighted by molar-refractivity contribution is -0.153. The van der Waals surface area contributed by atoms with Crippen molar-refractivity contribution in [1.82, 2.24) is 5.32 Å². The third-order valence-corrected chi connectivity index (χ3v) is 5.26. The SMILES string of the molecule is CCNC1CC(OCCCC(C)C)C12CCCCC2. The summed E-state index contributed by atoms with van der Waals surface area (Å²) in [5.74, 6) is 0.808. The Morgan fingerprint density at radius 2 is 1.95 bits per heavy atom. The van der Waals surface area contributed by atoms with Crippen LogP contribution < -0.4 is 5.32 Å². The zero-order valence-electron chi connectivity index (χ0n) is 13.2. The van der Waals surface area contributed by atoms with Crippen LogP contribution in [0.3, 0.4) is 0 Å². The van der Waals surface area contributed by atoms with Gasteiger partial charge in [-0.25, -0.2) is 0 Å². The molecule has 2 unspecified atom stereocenters. The molecule has 0 saturated heterocycles. The van der Waals surface area contributed by atoms with Crippen LogP contribution in [0.2, 0.25) is 0 Å². The minimum atomic E-state index is 0.492. The van der Waals surface area contributed by atoms with E-state index in [0.717, 1.165) is 25.1 Å². The molecule has 2 rings (SSSR count). The monoisotopic (exact) mass is 267 g/mol. The van der Waals surface area contributed by atoms with E-state index in [1.165, 1.54) is 51.4 Å². The summed E-state index contributed by atoms with van der Waals surface area (Å²) in [7, 11) is 0. The highest BCUT2D eigenvalue weighted by Crippen LogP contribution is 2.53. The Morgan fingerprint density at radius 1 is 1.21 bits per heavy atom. The molecule has 0 radical (unpaired) electrons. The molecule has 2 aliphatic rings. The predicted octanol–water partition coefficient (Wildman–Crippen LogP) is 4.14. The molecule has 19 heavy (non-hydrogen) atoms. The summed E-state index contributed by atoms with van der Waals surface area (Å²) >= 11 is 0. The number of ether oxygens (including phenoxy) is 1. The van der Waals surface area contributed by atoms with E-state index in [0.29, 0.717) is 11.5 Å². The summed E-state index contributed by atoms with van der Waals surface area (Å²) in [6, 6.07) is 0.730. The molecular formula is C17H33NO. The Labute approximate surface area is 119 Å². The Bertz CT molecular complexity index is 258. The summed E-state index contributed by atoms with van der Waals surface area (Å²) in [6.07, 6.45) is 11.4. The number of hydrogen-bond acceptors (Lipinski definition) is 2. The molecule has 0 bridgehead atoms. The van der Waals surface area contributed by atoms with Crippen molar-refractivity contribution < 1.29 is 4.74 Å². The van der Waals surface area contributed by atoms with Crippen LogP contribution in [0.25, 0.3) is 0 Å². The molecule has 2 atom stereocenters. The Morgan fingerprint density at radius 3 is 2.58 bits per heavy atom. The van der Waals surface area contributed by atoms with Crippen LogP contribution in [0.15, 0.2) is 0 Å². The lowest BCUT2D eigenvalue weighted by Gasteiger charge is -2.58. The maximum absolute atomic E-state index is 6.26. The van der Waals surface area contributed by atoms with Crippen LogP contribution in [0.1, 0.15) is 72.1 Å². The molecule has 2 nitrogen and oxygen atoms in total. The van der Waals surface area contributed by atoms with E-state index in [1.54, 1.807) is 0 Å². The van der Waals surface area contributed by atoms with Crippen molar-refractivity contribution in [2.24, 2.45) is 11.3 Å². The first kappa shape index (κ1) is 15.3. The molecule has 0 amide bonds. The second-order valence-electron chi connectivity index (χ2n) is 7.04. The summed E-state index contributed by atoms with van der Waals surface area (Å²) < 4.78 is 6.26. The highest BCUT2D eigenvalue weighted by Gasteiger charge is 2.55. The normalized spacial score (nSPS) is 29.7. The van der Waals surface area contributed by atoms with Crippen molar-refractivity contribution in [3.63, 3.8) is 0 Å². The van der Waals surface area contributed by atoms with E-state index in [9.17, 15) is 0 Å². The number of nitrogens with one attached hydrogen (secondary N) is 1. The zero-order chi connectivity index (χ0) is 13.7. The lowest BCUT2D eigenvalue weighted by Crippen LogP contribution is -2.64. The first-order valence-corrected chi connectivity index (χ1v) is 8.54. The highest BCUT2D eigenvalue weighted by atomic mass is 16.5. The van der Waals surface area contributed by atoms with E-state index < -0.39 is 0 Å². The minimum Gasteiger partial charge on any atom is -0.378 e. The van der Waals surface area contributed by atoms with Crippen molar-refractivity contribution in [2.75, 3.05) is 13.2 Å². The van der Waals surface area contributed by atoms with Crippen LogP contribution in [-0.4, -0.2) is 25.3 Å². The van der Waals surface area contributed by atoms with Gasteiger partial charge in [-0.15, -0.1) is 0 Å². The molecule has 1 N–H and O–H groups in total. The molecule has 2 heteroatoms. The Balaban J connectivity index is 1.80. The van der Waals surface area contributed by atoms with Crippen LogP contribution in [-0.2, 0) is 4.74 Å². The van der Waals surface area contributed by atoms with Gasteiger partial charge in [0.05, 0.1) is 6.10 Å². The van der Waals surface area contributed by atoms with Gasteiger partial charge in [0.15, 0.2) is 0 Å². The Hall–Kier alpha value is -0.0800. The summed E-state index contributed by atoms with van der Waals surface area (Å²) in [4.78, 5) is 0. The van der Waals surface area contributed by atoms with E-state index in [1.807, 2.05) is 0 Å². The van der Waals surface area contributed by atoms with Gasteiger partial charge in [-0.1, -0.05) is 40.0 Å². The molecule has 112 valence electrons. The molecule has 2 aliphatic carbocycles. The molecular weight excluding hydrogens is 234 g/mol. The van der Waals surface area contributed by atoms with Gasteiger partial charge in [0.25, 0.3) is 0 Å². The van der Waals surface area contributed by atoms with E-state index >= 15 is 0 Å². The second-order valence-corrected chi connectivity index (χ2v) is 7.04. The standard InChI is InChI=1S/C17H33NO/c1-4-18-15-13-16(19-12-8-9-14(2)3)17(15)10-6-5-7-11-17/h14-16,18H,4-13H2,1-3H3. The van der Waals surface area contributed by atoms with Gasteiger partial charge >= 0.3 is 0 Å². The third-order valence-electron chi connectivity index (χ3n) is 5.26. The fourth-order valence-electron chi connectivity index (χ4n) is 4.11. The maximum atomic E-state index is 6.26.